The number of nitrogen functional groups attached to an aromatic ring is 1. The van der Waals surface area contributed by atoms with Crippen molar-refractivity contribution in [3.63, 3.8) is 0 Å². The summed E-state index contributed by atoms with van der Waals surface area (Å²) in [4.78, 5) is 19.2. The first-order valence-corrected chi connectivity index (χ1v) is 10.8. The standard InChI is InChI=1S/C18H20F3N5O5S/c19-18(20,21)31-12-1-3-13(4-2-12)32(29,30)26-6-5-11(7-14(26)17(27)28)9-23-16-8-15(22)24-10-25-16/h1-4,8,10-11,14H,5-7,9H2,(H,27,28)(H3,22,23,24,25)/t11-,14-/m1/s1. The van der Waals surface area contributed by atoms with Gasteiger partial charge in [0, 0.05) is 19.2 Å². The van der Waals surface area contributed by atoms with Crippen LogP contribution in [0.4, 0.5) is 24.8 Å². The summed E-state index contributed by atoms with van der Waals surface area (Å²) < 4.78 is 67.4. The minimum absolute atomic E-state index is 0.0391. The van der Waals surface area contributed by atoms with Crippen LogP contribution in [-0.2, 0) is 14.8 Å². The van der Waals surface area contributed by atoms with E-state index in [1.807, 2.05) is 0 Å². The highest BCUT2D eigenvalue weighted by Crippen LogP contribution is 2.31. The maximum atomic E-state index is 13.0. The third-order valence-corrected chi connectivity index (χ3v) is 6.79. The molecule has 0 unspecified atom stereocenters. The van der Waals surface area contributed by atoms with Crippen LogP contribution in [0.15, 0.2) is 41.6 Å². The van der Waals surface area contributed by atoms with Gasteiger partial charge in [0.1, 0.15) is 29.8 Å². The van der Waals surface area contributed by atoms with Crippen LogP contribution < -0.4 is 15.8 Å². The van der Waals surface area contributed by atoms with Crippen LogP contribution in [0.3, 0.4) is 0 Å². The molecule has 2 heterocycles. The van der Waals surface area contributed by atoms with Gasteiger partial charge in [0.15, 0.2) is 0 Å². The number of piperidine rings is 1. The van der Waals surface area contributed by atoms with Crippen molar-refractivity contribution in [3.8, 4) is 5.75 Å². The number of carboxylic acid groups (broad SMARTS) is 1. The molecule has 0 aliphatic carbocycles. The average molecular weight is 475 g/mol. The van der Waals surface area contributed by atoms with Crippen molar-refractivity contribution in [2.75, 3.05) is 24.1 Å². The number of aromatic nitrogens is 2. The number of nitrogens with two attached hydrogens (primary N) is 1. The SMILES string of the molecule is Nc1cc(NC[C@@H]2CCN(S(=O)(=O)c3ccc(OC(F)(F)F)cc3)[C@@H](C(=O)O)C2)ncn1. The zero-order valence-electron chi connectivity index (χ0n) is 16.5. The van der Waals surface area contributed by atoms with Crippen molar-refractivity contribution < 1.29 is 36.2 Å². The second kappa shape index (κ2) is 9.16. The molecule has 1 fully saturated rings. The lowest BCUT2D eigenvalue weighted by atomic mass is 9.92. The van der Waals surface area contributed by atoms with E-state index in [1.54, 1.807) is 0 Å². The minimum atomic E-state index is -4.91. The fourth-order valence-electron chi connectivity index (χ4n) is 3.38. The molecule has 32 heavy (non-hydrogen) atoms. The first-order valence-electron chi connectivity index (χ1n) is 9.37. The number of nitrogens with zero attached hydrogens (tertiary/aromatic N) is 3. The molecule has 1 saturated heterocycles. The van der Waals surface area contributed by atoms with Crippen molar-refractivity contribution in [3.05, 3.63) is 36.7 Å². The van der Waals surface area contributed by atoms with Gasteiger partial charge < -0.3 is 20.9 Å². The summed E-state index contributed by atoms with van der Waals surface area (Å²) >= 11 is 0. The highest BCUT2D eigenvalue weighted by molar-refractivity contribution is 7.89. The van der Waals surface area contributed by atoms with Gasteiger partial charge in [-0.1, -0.05) is 0 Å². The fourth-order valence-corrected chi connectivity index (χ4v) is 4.99. The van der Waals surface area contributed by atoms with Crippen LogP contribution in [0.2, 0.25) is 0 Å². The number of hydrogen-bond acceptors (Lipinski definition) is 8. The Labute approximate surface area is 181 Å². The first-order chi connectivity index (χ1) is 15.0. The molecule has 1 aromatic heterocycles. The molecule has 0 saturated carbocycles. The van der Waals surface area contributed by atoms with E-state index in [0.717, 1.165) is 28.6 Å². The van der Waals surface area contributed by atoms with Gasteiger partial charge in [-0.25, -0.2) is 18.4 Å². The van der Waals surface area contributed by atoms with Crippen LogP contribution in [-0.4, -0.2) is 59.3 Å². The quantitative estimate of drug-likeness (QED) is 0.546. The Morgan fingerprint density at radius 3 is 2.56 bits per heavy atom. The van der Waals surface area contributed by atoms with Gasteiger partial charge in [0.05, 0.1) is 4.90 Å². The van der Waals surface area contributed by atoms with Crippen molar-refractivity contribution in [1.82, 2.24) is 14.3 Å². The number of carbonyl (C=O) groups is 1. The van der Waals surface area contributed by atoms with E-state index in [1.165, 1.54) is 12.4 Å². The van der Waals surface area contributed by atoms with E-state index in [2.05, 4.69) is 20.0 Å². The van der Waals surface area contributed by atoms with Crippen LogP contribution in [0, 0.1) is 5.92 Å². The molecule has 14 heteroatoms. The third kappa shape index (κ3) is 5.76. The van der Waals surface area contributed by atoms with Gasteiger partial charge in [-0.2, -0.15) is 4.31 Å². The number of hydrogen-bond donors (Lipinski definition) is 3. The van der Waals surface area contributed by atoms with Gasteiger partial charge in [0.25, 0.3) is 0 Å². The zero-order chi connectivity index (χ0) is 23.5. The molecule has 0 spiro atoms. The van der Waals surface area contributed by atoms with Crippen molar-refractivity contribution in [2.45, 2.75) is 30.1 Å². The van der Waals surface area contributed by atoms with E-state index >= 15 is 0 Å². The van der Waals surface area contributed by atoms with Crippen LogP contribution in [0.5, 0.6) is 5.75 Å². The topological polar surface area (TPSA) is 148 Å². The molecule has 0 radical (unpaired) electrons. The zero-order valence-corrected chi connectivity index (χ0v) is 17.3. The predicted octanol–water partition coefficient (Wildman–Crippen LogP) is 1.92. The second-order valence-electron chi connectivity index (χ2n) is 7.09. The number of carboxylic acids is 1. The Bertz CT molecular complexity index is 1070. The summed E-state index contributed by atoms with van der Waals surface area (Å²) in [5.41, 5.74) is 5.58. The summed E-state index contributed by atoms with van der Waals surface area (Å²) in [6.45, 7) is 0.274. The predicted molar refractivity (Wildman–Crippen MR) is 106 cm³/mol. The number of halogens is 3. The third-order valence-electron chi connectivity index (χ3n) is 4.87. The molecular formula is C18H20F3N5O5S. The van der Waals surface area contributed by atoms with E-state index < -0.39 is 34.1 Å². The van der Waals surface area contributed by atoms with Gasteiger partial charge >= 0.3 is 12.3 Å². The average Bonchev–Trinajstić information content (AvgIpc) is 2.71. The number of benzene rings is 1. The molecule has 174 valence electrons. The van der Waals surface area contributed by atoms with Crippen LogP contribution in [0.1, 0.15) is 12.8 Å². The van der Waals surface area contributed by atoms with E-state index in [0.29, 0.717) is 18.8 Å². The van der Waals surface area contributed by atoms with E-state index in [9.17, 15) is 31.5 Å². The normalized spacial score (nSPS) is 20.0. The largest absolute Gasteiger partial charge is 0.573 e. The lowest BCUT2D eigenvalue weighted by Gasteiger charge is -2.36. The molecule has 3 rings (SSSR count). The lowest BCUT2D eigenvalue weighted by molar-refractivity contribution is -0.274. The number of ether oxygens (including phenoxy) is 1. The Balaban J connectivity index is 1.71. The molecule has 2 aromatic rings. The maximum absolute atomic E-state index is 13.0. The van der Waals surface area contributed by atoms with Gasteiger partial charge in [-0.3, -0.25) is 4.79 Å². The molecule has 1 aromatic carbocycles. The lowest BCUT2D eigenvalue weighted by Crippen LogP contribution is -2.50. The summed E-state index contributed by atoms with van der Waals surface area (Å²) in [5.74, 6) is -1.34. The molecule has 1 aliphatic heterocycles. The fraction of sp³-hybridized carbons (Fsp3) is 0.389. The number of alkyl halides is 3. The summed E-state index contributed by atoms with van der Waals surface area (Å²) in [7, 11) is -4.25. The second-order valence-corrected chi connectivity index (χ2v) is 8.98. The maximum Gasteiger partial charge on any atom is 0.573 e. The summed E-state index contributed by atoms with van der Waals surface area (Å²) in [5, 5.41) is 12.6. The smallest absolute Gasteiger partial charge is 0.480 e. The molecule has 2 atom stereocenters. The molecule has 1 aliphatic rings. The summed E-state index contributed by atoms with van der Waals surface area (Å²) in [6, 6.07) is 3.80. The molecular weight excluding hydrogens is 455 g/mol. The molecule has 0 bridgehead atoms. The number of aliphatic carboxylic acids is 1. The van der Waals surface area contributed by atoms with Crippen LogP contribution >= 0.6 is 0 Å². The summed E-state index contributed by atoms with van der Waals surface area (Å²) in [6.07, 6.45) is -3.23. The Morgan fingerprint density at radius 2 is 1.97 bits per heavy atom. The Morgan fingerprint density at radius 1 is 1.28 bits per heavy atom. The van der Waals surface area contributed by atoms with Gasteiger partial charge in [-0.15, -0.1) is 13.2 Å². The van der Waals surface area contributed by atoms with Crippen LogP contribution in [0.25, 0.3) is 0 Å². The molecule has 4 N–H and O–H groups in total. The van der Waals surface area contributed by atoms with Gasteiger partial charge in [-0.05, 0) is 43.0 Å². The van der Waals surface area contributed by atoms with Crippen molar-refractivity contribution in [2.24, 2.45) is 5.92 Å². The molecule has 0 amide bonds. The molecule has 10 nitrogen and oxygen atoms in total. The number of rotatable bonds is 7. The Kier molecular flexibility index (Phi) is 6.74. The van der Waals surface area contributed by atoms with E-state index in [-0.39, 0.29) is 29.6 Å². The van der Waals surface area contributed by atoms with Crippen molar-refractivity contribution in [1.29, 1.82) is 0 Å². The number of anilines is 2. The highest BCUT2D eigenvalue weighted by Gasteiger charge is 2.41. The van der Waals surface area contributed by atoms with Gasteiger partial charge in [0.2, 0.25) is 10.0 Å². The number of sulfonamides is 1. The Hall–Kier alpha value is -3.13. The first kappa shape index (κ1) is 23.5. The monoisotopic (exact) mass is 475 g/mol. The highest BCUT2D eigenvalue weighted by atomic mass is 32.2. The van der Waals surface area contributed by atoms with E-state index in [4.69, 9.17) is 5.73 Å². The van der Waals surface area contributed by atoms with Crippen molar-refractivity contribution >= 4 is 27.6 Å². The minimum Gasteiger partial charge on any atom is -0.480 e. The number of nitrogens with one attached hydrogen (secondary N) is 1.